The van der Waals surface area contributed by atoms with Crippen LogP contribution in [0, 0.1) is 0 Å². The number of benzene rings is 2. The first-order valence-electron chi connectivity index (χ1n) is 7.09. The Bertz CT molecular complexity index is 785. The summed E-state index contributed by atoms with van der Waals surface area (Å²) < 4.78 is 12.8. The molecule has 0 atom stereocenters. The lowest BCUT2D eigenvalue weighted by atomic mass is 10.3. The van der Waals surface area contributed by atoms with E-state index in [4.69, 9.17) is 9.47 Å². The molecule has 118 valence electrons. The monoisotopic (exact) mass is 391 g/mol. The lowest BCUT2D eigenvalue weighted by Gasteiger charge is -2.06. The maximum atomic E-state index is 11.8. The minimum atomic E-state index is -0.292. The van der Waals surface area contributed by atoms with Crippen LogP contribution in [-0.2, 0) is 16.1 Å². The van der Waals surface area contributed by atoms with E-state index >= 15 is 0 Å². The number of thiazole rings is 1. The number of aromatic nitrogens is 1. The first-order chi connectivity index (χ1) is 11.2. The Morgan fingerprint density at radius 1 is 1.17 bits per heavy atom. The minimum absolute atomic E-state index is 0.203. The molecule has 1 aromatic heterocycles. The van der Waals surface area contributed by atoms with Crippen molar-refractivity contribution < 1.29 is 14.3 Å². The van der Waals surface area contributed by atoms with Gasteiger partial charge in [0.25, 0.3) is 0 Å². The first-order valence-corrected chi connectivity index (χ1v) is 8.70. The molecule has 23 heavy (non-hydrogen) atoms. The zero-order valence-electron chi connectivity index (χ0n) is 12.2. The Labute approximate surface area is 146 Å². The summed E-state index contributed by atoms with van der Waals surface area (Å²) in [4.78, 5) is 16.2. The van der Waals surface area contributed by atoms with Crippen LogP contribution in [0.15, 0.2) is 53.0 Å². The molecule has 0 fully saturated rings. The Kier molecular flexibility index (Phi) is 5.25. The highest BCUT2D eigenvalue weighted by Crippen LogP contribution is 2.22. The third kappa shape index (κ3) is 4.53. The van der Waals surface area contributed by atoms with Crippen molar-refractivity contribution in [2.75, 3.05) is 6.61 Å². The first kappa shape index (κ1) is 16.0. The van der Waals surface area contributed by atoms with E-state index in [9.17, 15) is 4.79 Å². The van der Waals surface area contributed by atoms with Crippen LogP contribution in [0.4, 0.5) is 0 Å². The summed E-state index contributed by atoms with van der Waals surface area (Å²) in [5.74, 6) is 0.428. The van der Waals surface area contributed by atoms with E-state index in [-0.39, 0.29) is 25.6 Å². The number of ether oxygens (including phenoxy) is 2. The van der Waals surface area contributed by atoms with E-state index in [2.05, 4.69) is 20.9 Å². The number of rotatable bonds is 6. The van der Waals surface area contributed by atoms with Gasteiger partial charge in [-0.1, -0.05) is 34.1 Å². The molecule has 0 saturated carbocycles. The molecule has 3 aromatic rings. The van der Waals surface area contributed by atoms with Crippen molar-refractivity contribution >= 4 is 43.5 Å². The number of fused-ring (bicyclic) bond motifs is 1. The fourth-order valence-corrected chi connectivity index (χ4v) is 3.26. The van der Waals surface area contributed by atoms with E-state index in [1.807, 2.05) is 48.5 Å². The molecule has 0 unspecified atom stereocenters. The molecule has 0 radical (unpaired) electrons. The number of carbonyl (C=O) groups excluding carboxylic acids is 1. The second-order valence-electron chi connectivity index (χ2n) is 4.79. The van der Waals surface area contributed by atoms with Crippen LogP contribution in [0.1, 0.15) is 11.4 Å². The number of nitrogens with zero attached hydrogens (tertiary/aromatic N) is 1. The van der Waals surface area contributed by atoms with Crippen molar-refractivity contribution in [3.63, 3.8) is 0 Å². The summed E-state index contributed by atoms with van der Waals surface area (Å²) in [6.07, 6.45) is 0.206. The predicted octanol–water partition coefficient (Wildman–Crippen LogP) is 4.57. The molecule has 1 heterocycles. The van der Waals surface area contributed by atoms with Crippen molar-refractivity contribution in [3.8, 4) is 5.75 Å². The van der Waals surface area contributed by atoms with Crippen molar-refractivity contribution in [1.82, 2.24) is 4.98 Å². The molecule has 0 aliphatic carbocycles. The number of hydrogen-bond donors (Lipinski definition) is 0. The highest BCUT2D eigenvalue weighted by Gasteiger charge is 2.08. The fourth-order valence-electron chi connectivity index (χ4n) is 2.01. The number of esters is 1. The molecule has 0 bridgehead atoms. The van der Waals surface area contributed by atoms with E-state index in [0.29, 0.717) is 0 Å². The van der Waals surface area contributed by atoms with Gasteiger partial charge in [0.05, 0.1) is 23.2 Å². The van der Waals surface area contributed by atoms with Gasteiger partial charge in [-0.15, -0.1) is 11.3 Å². The van der Waals surface area contributed by atoms with Gasteiger partial charge in [0.1, 0.15) is 17.4 Å². The number of para-hydroxylation sites is 1. The van der Waals surface area contributed by atoms with Gasteiger partial charge in [0, 0.05) is 4.47 Å². The molecule has 0 aliphatic rings. The fraction of sp³-hybridized carbons (Fsp3) is 0.176. The molecule has 0 N–H and O–H groups in total. The van der Waals surface area contributed by atoms with Crippen LogP contribution >= 0.6 is 27.3 Å². The highest BCUT2D eigenvalue weighted by atomic mass is 79.9. The summed E-state index contributed by atoms with van der Waals surface area (Å²) in [7, 11) is 0. The second-order valence-corrected chi connectivity index (χ2v) is 6.82. The summed E-state index contributed by atoms with van der Waals surface area (Å²) in [6.45, 7) is 0.490. The van der Waals surface area contributed by atoms with Crippen LogP contribution in [-0.4, -0.2) is 17.6 Å². The maximum absolute atomic E-state index is 11.8. The normalized spacial score (nSPS) is 10.7. The van der Waals surface area contributed by atoms with Gasteiger partial charge in [0.15, 0.2) is 0 Å². The van der Waals surface area contributed by atoms with Crippen LogP contribution in [0.3, 0.4) is 0 Å². The van der Waals surface area contributed by atoms with Gasteiger partial charge in [-0.3, -0.25) is 4.79 Å². The highest BCUT2D eigenvalue weighted by molar-refractivity contribution is 9.10. The molecule has 0 amide bonds. The van der Waals surface area contributed by atoms with Gasteiger partial charge in [-0.25, -0.2) is 4.98 Å². The van der Waals surface area contributed by atoms with E-state index in [1.165, 1.54) is 11.3 Å². The summed E-state index contributed by atoms with van der Waals surface area (Å²) in [5, 5.41) is 0.799. The molecule has 2 aromatic carbocycles. The maximum Gasteiger partial charge on any atom is 0.309 e. The molecule has 0 saturated heterocycles. The number of halogens is 1. The predicted molar refractivity (Wildman–Crippen MR) is 93.7 cm³/mol. The largest absolute Gasteiger partial charge is 0.493 e. The number of carbonyl (C=O) groups is 1. The zero-order valence-corrected chi connectivity index (χ0v) is 14.6. The quantitative estimate of drug-likeness (QED) is 0.577. The van der Waals surface area contributed by atoms with Gasteiger partial charge in [0.2, 0.25) is 0 Å². The SMILES string of the molecule is O=C(CCOc1cccc(Br)c1)OCc1nc2ccccc2s1. The summed E-state index contributed by atoms with van der Waals surface area (Å²) in [6, 6.07) is 15.4. The van der Waals surface area contributed by atoms with Gasteiger partial charge in [-0.05, 0) is 30.3 Å². The van der Waals surface area contributed by atoms with Gasteiger partial charge in [-0.2, -0.15) is 0 Å². The van der Waals surface area contributed by atoms with Crippen LogP contribution in [0.2, 0.25) is 0 Å². The molecular weight excluding hydrogens is 378 g/mol. The second kappa shape index (κ2) is 7.57. The molecule has 6 heteroatoms. The third-order valence-electron chi connectivity index (χ3n) is 3.07. The van der Waals surface area contributed by atoms with Crippen molar-refractivity contribution in [2.24, 2.45) is 0 Å². The zero-order chi connectivity index (χ0) is 16.1. The Balaban J connectivity index is 1.44. The van der Waals surface area contributed by atoms with Crippen LogP contribution < -0.4 is 4.74 Å². The average Bonchev–Trinajstić information content (AvgIpc) is 2.96. The van der Waals surface area contributed by atoms with E-state index in [0.717, 1.165) is 25.4 Å². The average molecular weight is 392 g/mol. The van der Waals surface area contributed by atoms with Crippen molar-refractivity contribution in [1.29, 1.82) is 0 Å². The molecule has 3 rings (SSSR count). The van der Waals surface area contributed by atoms with Crippen LogP contribution in [0.25, 0.3) is 10.2 Å². The molecule has 4 nitrogen and oxygen atoms in total. The Morgan fingerprint density at radius 3 is 2.87 bits per heavy atom. The summed E-state index contributed by atoms with van der Waals surface area (Å²) >= 11 is 4.91. The lowest BCUT2D eigenvalue weighted by molar-refractivity contribution is -0.145. The lowest BCUT2D eigenvalue weighted by Crippen LogP contribution is -2.09. The standard InChI is InChI=1S/C17H14BrNO3S/c18-12-4-3-5-13(10-12)21-9-8-17(20)22-11-16-19-14-6-1-2-7-15(14)23-16/h1-7,10H,8-9,11H2. The van der Waals surface area contributed by atoms with Crippen molar-refractivity contribution in [2.45, 2.75) is 13.0 Å². The topological polar surface area (TPSA) is 48.4 Å². The van der Waals surface area contributed by atoms with E-state index in [1.54, 1.807) is 0 Å². The molecule has 0 spiro atoms. The third-order valence-corrected chi connectivity index (χ3v) is 4.57. The molecular formula is C17H14BrNO3S. The molecule has 0 aliphatic heterocycles. The van der Waals surface area contributed by atoms with Gasteiger partial charge < -0.3 is 9.47 Å². The van der Waals surface area contributed by atoms with Crippen molar-refractivity contribution in [3.05, 3.63) is 58.0 Å². The number of hydrogen-bond acceptors (Lipinski definition) is 5. The smallest absolute Gasteiger partial charge is 0.309 e. The minimum Gasteiger partial charge on any atom is -0.493 e. The Morgan fingerprint density at radius 2 is 2.04 bits per heavy atom. The Hall–Kier alpha value is -1.92. The van der Waals surface area contributed by atoms with Crippen LogP contribution in [0.5, 0.6) is 5.75 Å². The van der Waals surface area contributed by atoms with Gasteiger partial charge >= 0.3 is 5.97 Å². The van der Waals surface area contributed by atoms with E-state index < -0.39 is 0 Å². The summed E-state index contributed by atoms with van der Waals surface area (Å²) in [5.41, 5.74) is 0.932.